The maximum atomic E-state index is 9.78. The standard InChI is InChI=1S/C17H26BrN3O2/c1-19-16(20-12-17(13-22)7-9-23-10-8-17)21(2)11-14-5-3-4-6-15(14)18/h3-6,22H,7-13H2,1-2H3,(H,19,20). The number of hydrogen-bond donors (Lipinski definition) is 2. The van der Waals surface area contributed by atoms with Crippen LogP contribution in [0.1, 0.15) is 18.4 Å². The minimum atomic E-state index is -0.109. The van der Waals surface area contributed by atoms with Gasteiger partial charge in [0.05, 0.1) is 6.61 Å². The Labute approximate surface area is 146 Å². The number of guanidine groups is 1. The second-order valence-corrected chi connectivity index (χ2v) is 6.97. The van der Waals surface area contributed by atoms with Gasteiger partial charge < -0.3 is 20.1 Å². The van der Waals surface area contributed by atoms with E-state index in [2.05, 4.69) is 37.2 Å². The zero-order chi connectivity index (χ0) is 16.7. The van der Waals surface area contributed by atoms with E-state index in [0.717, 1.165) is 29.8 Å². The Morgan fingerprint density at radius 2 is 2.09 bits per heavy atom. The van der Waals surface area contributed by atoms with Crippen molar-refractivity contribution in [2.75, 3.05) is 40.5 Å². The Morgan fingerprint density at radius 3 is 2.70 bits per heavy atom. The Morgan fingerprint density at radius 1 is 1.39 bits per heavy atom. The molecule has 1 aliphatic heterocycles. The Bertz CT molecular complexity index is 530. The minimum Gasteiger partial charge on any atom is -0.396 e. The molecular weight excluding hydrogens is 358 g/mol. The molecule has 1 heterocycles. The van der Waals surface area contributed by atoms with Gasteiger partial charge in [-0.25, -0.2) is 0 Å². The van der Waals surface area contributed by atoms with Gasteiger partial charge >= 0.3 is 0 Å². The second kappa shape index (κ2) is 8.66. The van der Waals surface area contributed by atoms with Crippen molar-refractivity contribution >= 4 is 21.9 Å². The van der Waals surface area contributed by atoms with Crippen LogP contribution in [0.5, 0.6) is 0 Å². The number of nitrogens with zero attached hydrogens (tertiary/aromatic N) is 2. The molecule has 128 valence electrons. The van der Waals surface area contributed by atoms with E-state index in [-0.39, 0.29) is 12.0 Å². The smallest absolute Gasteiger partial charge is 0.193 e. The van der Waals surface area contributed by atoms with Crippen LogP contribution in [-0.4, -0.2) is 56.4 Å². The van der Waals surface area contributed by atoms with Crippen molar-refractivity contribution in [2.45, 2.75) is 19.4 Å². The van der Waals surface area contributed by atoms with E-state index in [1.165, 1.54) is 5.56 Å². The topological polar surface area (TPSA) is 57.1 Å². The second-order valence-electron chi connectivity index (χ2n) is 6.12. The summed E-state index contributed by atoms with van der Waals surface area (Å²) in [6.45, 7) is 3.08. The van der Waals surface area contributed by atoms with Crippen molar-refractivity contribution < 1.29 is 9.84 Å². The molecule has 6 heteroatoms. The zero-order valence-corrected chi connectivity index (χ0v) is 15.5. The van der Waals surface area contributed by atoms with Gasteiger partial charge in [0.1, 0.15) is 0 Å². The van der Waals surface area contributed by atoms with Crippen LogP contribution in [0.25, 0.3) is 0 Å². The largest absolute Gasteiger partial charge is 0.396 e. The zero-order valence-electron chi connectivity index (χ0n) is 13.9. The molecule has 0 saturated carbocycles. The van der Waals surface area contributed by atoms with Crippen LogP contribution in [-0.2, 0) is 11.3 Å². The van der Waals surface area contributed by atoms with Crippen molar-refractivity contribution in [3.63, 3.8) is 0 Å². The van der Waals surface area contributed by atoms with Crippen molar-refractivity contribution in [2.24, 2.45) is 10.4 Å². The molecule has 0 unspecified atom stereocenters. The molecule has 0 atom stereocenters. The Kier molecular flexibility index (Phi) is 6.87. The molecule has 0 radical (unpaired) electrons. The van der Waals surface area contributed by atoms with Crippen LogP contribution in [0, 0.1) is 5.41 Å². The maximum absolute atomic E-state index is 9.78. The predicted molar refractivity (Wildman–Crippen MR) is 96.5 cm³/mol. The Hall–Kier alpha value is -1.11. The lowest BCUT2D eigenvalue weighted by molar-refractivity contribution is -0.0134. The maximum Gasteiger partial charge on any atom is 0.193 e. The number of rotatable bonds is 5. The Balaban J connectivity index is 1.95. The highest BCUT2D eigenvalue weighted by Gasteiger charge is 2.32. The van der Waals surface area contributed by atoms with Crippen molar-refractivity contribution in [1.29, 1.82) is 0 Å². The molecule has 2 N–H and O–H groups in total. The minimum absolute atomic E-state index is 0.109. The molecule has 1 saturated heterocycles. The molecule has 1 aliphatic rings. The first kappa shape index (κ1) is 18.2. The SMILES string of the molecule is CN=C(NCC1(CO)CCOCC1)N(C)Cc1ccccc1Br. The number of aliphatic hydroxyl groups excluding tert-OH is 1. The van der Waals surface area contributed by atoms with Gasteiger partial charge in [0, 0.05) is 50.3 Å². The quantitative estimate of drug-likeness (QED) is 0.604. The summed E-state index contributed by atoms with van der Waals surface area (Å²) in [4.78, 5) is 6.45. The molecular formula is C17H26BrN3O2. The van der Waals surface area contributed by atoms with Crippen molar-refractivity contribution in [1.82, 2.24) is 10.2 Å². The normalized spacial score (nSPS) is 17.8. The summed E-state index contributed by atoms with van der Waals surface area (Å²) in [5.74, 6) is 0.833. The molecule has 5 nitrogen and oxygen atoms in total. The van der Waals surface area contributed by atoms with Crippen molar-refractivity contribution in [3.8, 4) is 0 Å². The van der Waals surface area contributed by atoms with Crippen LogP contribution in [0.4, 0.5) is 0 Å². The first-order valence-corrected chi connectivity index (χ1v) is 8.73. The molecule has 0 bridgehead atoms. The third-order valence-electron chi connectivity index (χ3n) is 4.45. The summed E-state index contributed by atoms with van der Waals surface area (Å²) in [5.41, 5.74) is 1.10. The number of aliphatic imine (C=N–C) groups is 1. The average molecular weight is 384 g/mol. The molecule has 0 aromatic heterocycles. The summed E-state index contributed by atoms with van der Waals surface area (Å²) in [7, 11) is 3.80. The predicted octanol–water partition coefficient (Wildman–Crippen LogP) is 2.25. The van der Waals surface area contributed by atoms with Crippen LogP contribution in [0.3, 0.4) is 0 Å². The van der Waals surface area contributed by atoms with Gasteiger partial charge in [-0.1, -0.05) is 34.1 Å². The van der Waals surface area contributed by atoms with Crippen LogP contribution < -0.4 is 5.32 Å². The van der Waals surface area contributed by atoms with Gasteiger partial charge in [-0.05, 0) is 24.5 Å². The molecule has 23 heavy (non-hydrogen) atoms. The summed E-state index contributed by atoms with van der Waals surface area (Å²) in [6.07, 6.45) is 1.75. The molecule has 2 rings (SSSR count). The van der Waals surface area contributed by atoms with E-state index in [1.807, 2.05) is 25.2 Å². The van der Waals surface area contributed by atoms with Gasteiger partial charge in [-0.3, -0.25) is 4.99 Å². The van der Waals surface area contributed by atoms with Gasteiger partial charge in [-0.2, -0.15) is 0 Å². The first-order chi connectivity index (χ1) is 11.1. The molecule has 0 spiro atoms. The fourth-order valence-corrected chi connectivity index (χ4v) is 3.21. The molecule has 1 fully saturated rings. The van der Waals surface area contributed by atoms with Gasteiger partial charge in [-0.15, -0.1) is 0 Å². The number of hydrogen-bond acceptors (Lipinski definition) is 3. The van der Waals surface area contributed by atoms with E-state index in [9.17, 15) is 5.11 Å². The lowest BCUT2D eigenvalue weighted by atomic mass is 9.81. The van der Waals surface area contributed by atoms with Crippen LogP contribution in [0.15, 0.2) is 33.7 Å². The third kappa shape index (κ3) is 4.93. The number of aliphatic hydroxyl groups is 1. The average Bonchev–Trinajstić information content (AvgIpc) is 2.58. The van der Waals surface area contributed by atoms with Crippen LogP contribution in [0.2, 0.25) is 0 Å². The molecule has 0 amide bonds. The summed E-state index contributed by atoms with van der Waals surface area (Å²) >= 11 is 3.58. The summed E-state index contributed by atoms with van der Waals surface area (Å²) in [6, 6.07) is 8.19. The summed E-state index contributed by atoms with van der Waals surface area (Å²) in [5, 5.41) is 13.2. The first-order valence-electron chi connectivity index (χ1n) is 7.94. The lowest BCUT2D eigenvalue weighted by Crippen LogP contribution is -2.47. The van der Waals surface area contributed by atoms with Crippen molar-refractivity contribution in [3.05, 3.63) is 34.3 Å². The van der Waals surface area contributed by atoms with E-state index in [1.54, 1.807) is 7.05 Å². The number of nitrogens with one attached hydrogen (secondary N) is 1. The van der Waals surface area contributed by atoms with E-state index >= 15 is 0 Å². The fourth-order valence-electron chi connectivity index (χ4n) is 2.80. The monoisotopic (exact) mass is 383 g/mol. The highest BCUT2D eigenvalue weighted by atomic mass is 79.9. The van der Waals surface area contributed by atoms with E-state index in [4.69, 9.17) is 4.74 Å². The summed E-state index contributed by atoms with van der Waals surface area (Å²) < 4.78 is 6.51. The third-order valence-corrected chi connectivity index (χ3v) is 5.22. The van der Waals surface area contributed by atoms with Crippen LogP contribution >= 0.6 is 15.9 Å². The number of ether oxygens (including phenoxy) is 1. The van der Waals surface area contributed by atoms with Gasteiger partial charge in [0.15, 0.2) is 5.96 Å². The van der Waals surface area contributed by atoms with Gasteiger partial charge in [0.2, 0.25) is 0 Å². The van der Waals surface area contributed by atoms with Gasteiger partial charge in [0.25, 0.3) is 0 Å². The van der Waals surface area contributed by atoms with E-state index in [0.29, 0.717) is 19.8 Å². The molecule has 0 aliphatic carbocycles. The van der Waals surface area contributed by atoms with E-state index < -0.39 is 0 Å². The number of benzene rings is 1. The lowest BCUT2D eigenvalue weighted by Gasteiger charge is -2.36. The molecule has 1 aromatic carbocycles. The molecule has 1 aromatic rings. The fraction of sp³-hybridized carbons (Fsp3) is 0.588. The highest BCUT2D eigenvalue weighted by Crippen LogP contribution is 2.29. The highest BCUT2D eigenvalue weighted by molar-refractivity contribution is 9.10. The number of halogens is 1.